The molecule has 19 heavy (non-hydrogen) atoms. The molecule has 1 aliphatic heterocycles. The normalized spacial score (nSPS) is 12.4. The van der Waals surface area contributed by atoms with Crippen LogP contribution in [0.4, 0.5) is 11.5 Å². The largest absolute Gasteiger partial charge is 0.339 e. The van der Waals surface area contributed by atoms with E-state index >= 15 is 0 Å². The smallest absolute Gasteiger partial charge is 0.138 e. The first-order chi connectivity index (χ1) is 9.40. The maximum absolute atomic E-state index is 4.71. The molecular formula is C17H12N2. The number of anilines is 2. The second kappa shape index (κ2) is 3.95. The van der Waals surface area contributed by atoms with Crippen molar-refractivity contribution in [3.05, 3.63) is 65.7 Å². The van der Waals surface area contributed by atoms with Gasteiger partial charge >= 0.3 is 0 Å². The van der Waals surface area contributed by atoms with Gasteiger partial charge in [-0.15, -0.1) is 0 Å². The number of rotatable bonds is 0. The van der Waals surface area contributed by atoms with E-state index < -0.39 is 0 Å². The van der Waals surface area contributed by atoms with E-state index in [4.69, 9.17) is 4.98 Å². The van der Waals surface area contributed by atoms with Crippen molar-refractivity contribution in [1.29, 1.82) is 0 Å². The van der Waals surface area contributed by atoms with Crippen molar-refractivity contribution in [1.82, 2.24) is 4.98 Å². The molecular weight excluding hydrogens is 232 g/mol. The average Bonchev–Trinajstić information content (AvgIpc) is 2.63. The van der Waals surface area contributed by atoms with Gasteiger partial charge in [0.2, 0.25) is 0 Å². The fraction of sp³-hybridized carbons (Fsp3) is 0. The summed E-state index contributed by atoms with van der Waals surface area (Å²) in [6.07, 6.45) is 4.25. The Morgan fingerprint density at radius 2 is 1.58 bits per heavy atom. The van der Waals surface area contributed by atoms with Gasteiger partial charge in [0.25, 0.3) is 0 Å². The second-order valence-corrected chi connectivity index (χ2v) is 4.66. The molecule has 3 aromatic rings. The molecule has 0 atom stereocenters. The Kier molecular flexibility index (Phi) is 2.15. The first kappa shape index (κ1) is 10.3. The van der Waals surface area contributed by atoms with E-state index in [-0.39, 0.29) is 0 Å². The first-order valence-corrected chi connectivity index (χ1v) is 6.34. The van der Waals surface area contributed by atoms with Crippen LogP contribution in [0, 0.1) is 0 Å². The van der Waals surface area contributed by atoms with Crippen molar-refractivity contribution in [2.45, 2.75) is 0 Å². The molecule has 0 spiro atoms. The molecule has 0 bridgehead atoms. The van der Waals surface area contributed by atoms with E-state index in [9.17, 15) is 0 Å². The van der Waals surface area contributed by atoms with Crippen molar-refractivity contribution in [2.24, 2.45) is 0 Å². The quantitative estimate of drug-likeness (QED) is 0.494. The summed E-state index contributed by atoms with van der Waals surface area (Å²) in [4.78, 5) is 4.71. The van der Waals surface area contributed by atoms with E-state index in [0.717, 1.165) is 22.6 Å². The van der Waals surface area contributed by atoms with Gasteiger partial charge in [0.1, 0.15) is 5.82 Å². The number of nitrogens with zero attached hydrogens (tertiary/aromatic N) is 1. The summed E-state index contributed by atoms with van der Waals surface area (Å²) in [7, 11) is 0. The SMILES string of the molecule is C1=Cc2cc3ccccc3nc2Nc2ccccc21. The fourth-order valence-corrected chi connectivity index (χ4v) is 2.42. The third-order valence-electron chi connectivity index (χ3n) is 3.41. The molecule has 2 aromatic carbocycles. The lowest BCUT2D eigenvalue weighted by Crippen LogP contribution is -1.96. The van der Waals surface area contributed by atoms with E-state index in [2.05, 4.69) is 41.7 Å². The maximum Gasteiger partial charge on any atom is 0.138 e. The molecule has 1 aliphatic rings. The van der Waals surface area contributed by atoms with Crippen LogP contribution in [0.5, 0.6) is 0 Å². The lowest BCUT2D eigenvalue weighted by molar-refractivity contribution is 1.36. The molecule has 2 nitrogen and oxygen atoms in total. The van der Waals surface area contributed by atoms with Crippen molar-refractivity contribution in [3.8, 4) is 0 Å². The monoisotopic (exact) mass is 244 g/mol. The van der Waals surface area contributed by atoms with Crippen molar-refractivity contribution in [3.63, 3.8) is 0 Å². The summed E-state index contributed by atoms with van der Waals surface area (Å²) in [5, 5.41) is 4.59. The van der Waals surface area contributed by atoms with Crippen LogP contribution in [-0.2, 0) is 0 Å². The van der Waals surface area contributed by atoms with Gasteiger partial charge in [0, 0.05) is 16.6 Å². The first-order valence-electron chi connectivity index (χ1n) is 6.34. The molecule has 0 radical (unpaired) electrons. The van der Waals surface area contributed by atoms with Crippen LogP contribution < -0.4 is 5.32 Å². The zero-order valence-electron chi connectivity index (χ0n) is 10.3. The van der Waals surface area contributed by atoms with E-state index in [1.54, 1.807) is 0 Å². The Labute approximate surface area is 111 Å². The Morgan fingerprint density at radius 1 is 0.789 bits per heavy atom. The van der Waals surface area contributed by atoms with Gasteiger partial charge in [0.05, 0.1) is 5.52 Å². The van der Waals surface area contributed by atoms with Crippen LogP contribution in [-0.4, -0.2) is 4.98 Å². The summed E-state index contributed by atoms with van der Waals surface area (Å²) >= 11 is 0. The second-order valence-electron chi connectivity index (χ2n) is 4.66. The van der Waals surface area contributed by atoms with E-state index in [0.29, 0.717) is 0 Å². The number of hydrogen-bond acceptors (Lipinski definition) is 2. The molecule has 0 saturated carbocycles. The van der Waals surface area contributed by atoms with Crippen LogP contribution >= 0.6 is 0 Å². The minimum atomic E-state index is 0.917. The molecule has 2 heteroatoms. The molecule has 90 valence electrons. The van der Waals surface area contributed by atoms with Crippen LogP contribution in [0.3, 0.4) is 0 Å². The Bertz CT molecular complexity index is 803. The third kappa shape index (κ3) is 1.69. The van der Waals surface area contributed by atoms with Crippen LogP contribution in [0.25, 0.3) is 23.1 Å². The van der Waals surface area contributed by atoms with Gasteiger partial charge in [-0.1, -0.05) is 48.6 Å². The van der Waals surface area contributed by atoms with Crippen LogP contribution in [0.1, 0.15) is 11.1 Å². The highest BCUT2D eigenvalue weighted by molar-refractivity contribution is 5.91. The van der Waals surface area contributed by atoms with Gasteiger partial charge in [-0.05, 0) is 23.8 Å². The fourth-order valence-electron chi connectivity index (χ4n) is 2.42. The summed E-state index contributed by atoms with van der Waals surface area (Å²) in [5.41, 5.74) is 4.42. The zero-order chi connectivity index (χ0) is 12.7. The minimum Gasteiger partial charge on any atom is -0.339 e. The van der Waals surface area contributed by atoms with E-state index in [1.807, 2.05) is 30.3 Å². The van der Waals surface area contributed by atoms with Crippen molar-refractivity contribution < 1.29 is 0 Å². The van der Waals surface area contributed by atoms with Crippen molar-refractivity contribution in [2.75, 3.05) is 5.32 Å². The highest BCUT2D eigenvalue weighted by Crippen LogP contribution is 2.30. The molecule has 2 heterocycles. The van der Waals surface area contributed by atoms with Gasteiger partial charge in [-0.25, -0.2) is 4.98 Å². The molecule has 0 aliphatic carbocycles. The third-order valence-corrected chi connectivity index (χ3v) is 3.41. The lowest BCUT2D eigenvalue weighted by Gasteiger charge is -2.09. The summed E-state index contributed by atoms with van der Waals surface area (Å²) in [6.45, 7) is 0. The Balaban J connectivity index is 1.96. The number of aromatic nitrogens is 1. The number of nitrogens with one attached hydrogen (secondary N) is 1. The number of para-hydroxylation sites is 2. The van der Waals surface area contributed by atoms with Crippen LogP contribution in [0.15, 0.2) is 54.6 Å². The van der Waals surface area contributed by atoms with Gasteiger partial charge in [0.15, 0.2) is 0 Å². The summed E-state index contributed by atoms with van der Waals surface area (Å²) in [6, 6.07) is 18.6. The average molecular weight is 244 g/mol. The summed E-state index contributed by atoms with van der Waals surface area (Å²) < 4.78 is 0. The molecule has 4 rings (SSSR count). The zero-order valence-corrected chi connectivity index (χ0v) is 10.3. The van der Waals surface area contributed by atoms with Crippen LogP contribution in [0.2, 0.25) is 0 Å². The van der Waals surface area contributed by atoms with Gasteiger partial charge in [-0.2, -0.15) is 0 Å². The number of pyridine rings is 1. The number of hydrogen-bond donors (Lipinski definition) is 1. The van der Waals surface area contributed by atoms with Crippen molar-refractivity contribution >= 4 is 34.6 Å². The topological polar surface area (TPSA) is 24.9 Å². The molecule has 1 aromatic heterocycles. The standard InChI is InChI=1S/C17H12N2/c1-3-7-15-12(5-1)9-10-14-11-13-6-2-4-8-16(13)19-17(14)18-15/h1-11H,(H,18,19). The number of benzene rings is 2. The lowest BCUT2D eigenvalue weighted by atomic mass is 10.1. The molecule has 0 unspecified atom stereocenters. The Morgan fingerprint density at radius 3 is 2.58 bits per heavy atom. The highest BCUT2D eigenvalue weighted by Gasteiger charge is 2.10. The highest BCUT2D eigenvalue weighted by atomic mass is 15.0. The molecule has 0 fully saturated rings. The Hall–Kier alpha value is -2.61. The number of fused-ring (bicyclic) bond motifs is 3. The van der Waals surface area contributed by atoms with E-state index in [1.165, 1.54) is 10.9 Å². The van der Waals surface area contributed by atoms with Gasteiger partial charge in [-0.3, -0.25) is 0 Å². The molecule has 0 amide bonds. The molecule has 1 N–H and O–H groups in total. The minimum absolute atomic E-state index is 0.917. The van der Waals surface area contributed by atoms with Gasteiger partial charge < -0.3 is 5.32 Å². The maximum atomic E-state index is 4.71. The predicted molar refractivity (Wildman–Crippen MR) is 80.4 cm³/mol. The predicted octanol–water partition coefficient (Wildman–Crippen LogP) is 4.46. The molecule has 0 saturated heterocycles. The summed E-state index contributed by atoms with van der Waals surface area (Å²) in [5.74, 6) is 0.917.